The molecule has 1 fully saturated rings. The van der Waals surface area contributed by atoms with Crippen molar-refractivity contribution in [3.63, 3.8) is 0 Å². The van der Waals surface area contributed by atoms with Crippen LogP contribution in [0.25, 0.3) is 5.69 Å². The summed E-state index contributed by atoms with van der Waals surface area (Å²) in [6, 6.07) is 13.9. The van der Waals surface area contributed by atoms with Gasteiger partial charge in [0.1, 0.15) is 11.4 Å². The van der Waals surface area contributed by atoms with Crippen LogP contribution in [-0.4, -0.2) is 61.8 Å². The highest BCUT2D eigenvalue weighted by atomic mass is 32.2. The molecule has 1 aliphatic rings. The number of nitrogens with zero attached hydrogens (tertiary/aromatic N) is 3. The van der Waals surface area contributed by atoms with Gasteiger partial charge in [-0.15, -0.1) is 0 Å². The predicted octanol–water partition coefficient (Wildman–Crippen LogP) is 2.14. The number of aryl methyl sites for hydroxylation is 1. The monoisotopic (exact) mass is 470 g/mol. The summed E-state index contributed by atoms with van der Waals surface area (Å²) in [5.41, 5.74) is 2.84. The van der Waals surface area contributed by atoms with Crippen molar-refractivity contribution in [2.75, 3.05) is 33.4 Å². The number of carbonyl (C=O) groups is 1. The summed E-state index contributed by atoms with van der Waals surface area (Å²) in [6.07, 6.45) is 1.71. The molecule has 0 bridgehead atoms. The highest BCUT2D eigenvalue weighted by Crippen LogP contribution is 2.23. The molecule has 1 amide bonds. The van der Waals surface area contributed by atoms with Crippen LogP contribution >= 0.6 is 0 Å². The number of nitrogens with one attached hydrogen (secondary N) is 1. The van der Waals surface area contributed by atoms with Crippen molar-refractivity contribution in [2.45, 2.75) is 18.4 Å². The standard InChI is InChI=1S/C23H26N4O5S/c1-17-3-8-22(31-2)21(15-17)27-10-9-20(25-27)23(28)24-16-18-4-6-19(7-5-18)33(29,30)26-11-13-32-14-12-26/h3-10,15H,11-14,16H2,1-2H3,(H,24,28). The number of morpholine rings is 1. The van der Waals surface area contributed by atoms with E-state index in [9.17, 15) is 13.2 Å². The van der Waals surface area contributed by atoms with E-state index in [1.165, 1.54) is 4.31 Å². The Morgan fingerprint density at radius 3 is 2.55 bits per heavy atom. The normalized spacial score (nSPS) is 14.7. The molecule has 3 aromatic rings. The molecule has 1 N–H and O–H groups in total. The Bertz CT molecular complexity index is 1230. The van der Waals surface area contributed by atoms with Gasteiger partial charge in [0, 0.05) is 25.8 Å². The molecule has 33 heavy (non-hydrogen) atoms. The minimum absolute atomic E-state index is 0.227. The van der Waals surface area contributed by atoms with Gasteiger partial charge in [0.2, 0.25) is 10.0 Å². The lowest BCUT2D eigenvalue weighted by molar-refractivity contribution is 0.0730. The number of benzene rings is 2. The number of methoxy groups -OCH3 is 1. The van der Waals surface area contributed by atoms with E-state index in [1.807, 2.05) is 25.1 Å². The molecule has 0 atom stereocenters. The number of rotatable bonds is 7. The fourth-order valence-electron chi connectivity index (χ4n) is 3.55. The molecule has 0 saturated carbocycles. The van der Waals surface area contributed by atoms with Gasteiger partial charge >= 0.3 is 0 Å². The van der Waals surface area contributed by atoms with Crippen LogP contribution in [0.15, 0.2) is 59.6 Å². The van der Waals surface area contributed by atoms with Gasteiger partial charge in [-0.3, -0.25) is 4.79 Å². The third-order valence-corrected chi connectivity index (χ3v) is 7.30. The minimum Gasteiger partial charge on any atom is -0.494 e. The smallest absolute Gasteiger partial charge is 0.272 e. The van der Waals surface area contributed by atoms with Gasteiger partial charge in [0.05, 0.1) is 25.2 Å². The van der Waals surface area contributed by atoms with Crippen molar-refractivity contribution in [1.82, 2.24) is 19.4 Å². The zero-order valence-electron chi connectivity index (χ0n) is 18.5. The molecule has 2 aromatic carbocycles. The maximum atomic E-state index is 12.7. The Balaban J connectivity index is 1.40. The fraction of sp³-hybridized carbons (Fsp3) is 0.304. The van der Waals surface area contributed by atoms with Crippen molar-refractivity contribution >= 4 is 15.9 Å². The molecule has 0 aliphatic carbocycles. The lowest BCUT2D eigenvalue weighted by atomic mass is 10.2. The second-order valence-corrected chi connectivity index (χ2v) is 9.60. The van der Waals surface area contributed by atoms with Gasteiger partial charge in [-0.05, 0) is 48.4 Å². The average molecular weight is 471 g/mol. The van der Waals surface area contributed by atoms with Gasteiger partial charge in [0.15, 0.2) is 5.69 Å². The van der Waals surface area contributed by atoms with E-state index in [2.05, 4.69) is 10.4 Å². The summed E-state index contributed by atoms with van der Waals surface area (Å²) < 4.78 is 39.1. The summed E-state index contributed by atoms with van der Waals surface area (Å²) in [7, 11) is -1.96. The maximum Gasteiger partial charge on any atom is 0.272 e. The molecule has 0 unspecified atom stereocenters. The molecule has 4 rings (SSSR count). The molecule has 0 spiro atoms. The average Bonchev–Trinajstić information content (AvgIpc) is 3.34. The van der Waals surface area contributed by atoms with Crippen LogP contribution in [0.2, 0.25) is 0 Å². The van der Waals surface area contributed by atoms with Crippen molar-refractivity contribution in [3.8, 4) is 11.4 Å². The summed E-state index contributed by atoms with van der Waals surface area (Å²) in [4.78, 5) is 12.8. The molecule has 10 heteroatoms. The number of ether oxygens (including phenoxy) is 2. The van der Waals surface area contributed by atoms with Crippen LogP contribution < -0.4 is 10.1 Å². The summed E-state index contributed by atoms with van der Waals surface area (Å²) in [5, 5.41) is 7.19. The van der Waals surface area contributed by atoms with Crippen LogP contribution in [0, 0.1) is 6.92 Å². The van der Waals surface area contributed by atoms with Crippen LogP contribution in [-0.2, 0) is 21.3 Å². The Kier molecular flexibility index (Phi) is 6.77. The number of hydrogen-bond donors (Lipinski definition) is 1. The fourth-order valence-corrected chi connectivity index (χ4v) is 4.95. The van der Waals surface area contributed by atoms with Crippen LogP contribution in [0.4, 0.5) is 0 Å². The zero-order valence-corrected chi connectivity index (χ0v) is 19.3. The Morgan fingerprint density at radius 2 is 1.85 bits per heavy atom. The van der Waals surface area contributed by atoms with Crippen molar-refractivity contribution in [3.05, 3.63) is 71.5 Å². The molecular formula is C23H26N4O5S. The van der Waals surface area contributed by atoms with E-state index < -0.39 is 10.0 Å². The first-order valence-corrected chi connectivity index (χ1v) is 12.0. The lowest BCUT2D eigenvalue weighted by Crippen LogP contribution is -2.40. The van der Waals surface area contributed by atoms with Gasteiger partial charge in [-0.2, -0.15) is 9.40 Å². The number of hydrogen-bond acceptors (Lipinski definition) is 6. The third-order valence-electron chi connectivity index (χ3n) is 5.39. The topological polar surface area (TPSA) is 103 Å². The van der Waals surface area contributed by atoms with E-state index in [0.29, 0.717) is 32.1 Å². The molecule has 174 valence electrons. The third kappa shape index (κ3) is 5.08. The molecule has 2 heterocycles. The van der Waals surface area contributed by atoms with Gasteiger partial charge in [0.25, 0.3) is 5.91 Å². The molecule has 1 saturated heterocycles. The highest BCUT2D eigenvalue weighted by molar-refractivity contribution is 7.89. The van der Waals surface area contributed by atoms with Gasteiger partial charge in [-0.25, -0.2) is 13.1 Å². The van der Waals surface area contributed by atoms with E-state index >= 15 is 0 Å². The molecular weight excluding hydrogens is 444 g/mol. The first-order chi connectivity index (χ1) is 15.9. The Morgan fingerprint density at radius 1 is 1.12 bits per heavy atom. The lowest BCUT2D eigenvalue weighted by Gasteiger charge is -2.26. The van der Waals surface area contributed by atoms with Crippen LogP contribution in [0.1, 0.15) is 21.6 Å². The molecule has 1 aromatic heterocycles. The first-order valence-electron chi connectivity index (χ1n) is 10.5. The largest absolute Gasteiger partial charge is 0.494 e. The molecule has 1 aliphatic heterocycles. The summed E-state index contributed by atoms with van der Waals surface area (Å²) >= 11 is 0. The Labute approximate surface area is 193 Å². The zero-order chi connectivity index (χ0) is 23.4. The van der Waals surface area contributed by atoms with Gasteiger partial charge in [-0.1, -0.05) is 18.2 Å². The van der Waals surface area contributed by atoms with E-state index in [-0.39, 0.29) is 23.0 Å². The van der Waals surface area contributed by atoms with Crippen LogP contribution in [0.5, 0.6) is 5.75 Å². The molecule has 0 radical (unpaired) electrons. The van der Waals surface area contributed by atoms with Crippen molar-refractivity contribution in [1.29, 1.82) is 0 Å². The number of sulfonamides is 1. The maximum absolute atomic E-state index is 12.7. The van der Waals surface area contributed by atoms with Crippen molar-refractivity contribution < 1.29 is 22.7 Å². The first kappa shape index (κ1) is 23.0. The number of amides is 1. The predicted molar refractivity (Wildman–Crippen MR) is 122 cm³/mol. The number of carbonyl (C=O) groups excluding carboxylic acids is 1. The van der Waals surface area contributed by atoms with Crippen LogP contribution in [0.3, 0.4) is 0 Å². The summed E-state index contributed by atoms with van der Waals surface area (Å²) in [5.74, 6) is 0.327. The Hall–Kier alpha value is -3.21. The minimum atomic E-state index is -3.54. The second-order valence-electron chi connectivity index (χ2n) is 7.66. The van der Waals surface area contributed by atoms with Crippen molar-refractivity contribution in [2.24, 2.45) is 0 Å². The van der Waals surface area contributed by atoms with E-state index in [4.69, 9.17) is 9.47 Å². The second kappa shape index (κ2) is 9.74. The summed E-state index contributed by atoms with van der Waals surface area (Å²) in [6.45, 7) is 3.71. The number of aromatic nitrogens is 2. The van der Waals surface area contributed by atoms with E-state index in [1.54, 1.807) is 48.3 Å². The molecule has 9 nitrogen and oxygen atoms in total. The quantitative estimate of drug-likeness (QED) is 0.568. The van der Waals surface area contributed by atoms with Gasteiger partial charge < -0.3 is 14.8 Å². The van der Waals surface area contributed by atoms with E-state index in [0.717, 1.165) is 16.8 Å². The highest BCUT2D eigenvalue weighted by Gasteiger charge is 2.26. The SMILES string of the molecule is COc1ccc(C)cc1-n1ccc(C(=O)NCc2ccc(S(=O)(=O)N3CCOCC3)cc2)n1.